The molecule has 0 amide bonds. The highest BCUT2D eigenvalue weighted by Gasteiger charge is 2.48. The molecule has 0 saturated carbocycles. The molecule has 1 aromatic carbocycles. The van der Waals surface area contributed by atoms with Crippen LogP contribution in [0.15, 0.2) is 41.3 Å². The molecule has 1 unspecified atom stereocenters. The molecule has 7 nitrogen and oxygen atoms in total. The van der Waals surface area contributed by atoms with Crippen molar-refractivity contribution in [1.82, 2.24) is 4.57 Å². The van der Waals surface area contributed by atoms with Crippen LogP contribution in [0.2, 0.25) is 5.02 Å². The lowest BCUT2D eigenvalue weighted by molar-refractivity contribution is -0.0463. The van der Waals surface area contributed by atoms with Gasteiger partial charge in [-0.3, -0.25) is 8.98 Å². The second kappa shape index (κ2) is 7.18. The van der Waals surface area contributed by atoms with Gasteiger partial charge in [-0.05, 0) is 50.6 Å². The molecular weight excluding hydrogens is 406 g/mol. The van der Waals surface area contributed by atoms with Gasteiger partial charge in [0.1, 0.15) is 17.5 Å². The van der Waals surface area contributed by atoms with E-state index < -0.39 is 39.5 Å². The summed E-state index contributed by atoms with van der Waals surface area (Å²) in [6.07, 6.45) is 0.633. The van der Waals surface area contributed by atoms with Crippen molar-refractivity contribution >= 4 is 21.7 Å². The number of rotatable bonds is 4. The first kappa shape index (κ1) is 20.9. The summed E-state index contributed by atoms with van der Waals surface area (Å²) in [7, 11) is -3.85. The molecule has 0 fully saturated rings. The Morgan fingerprint density at radius 1 is 1.29 bits per heavy atom. The van der Waals surface area contributed by atoms with E-state index in [4.69, 9.17) is 20.5 Å². The fourth-order valence-electron chi connectivity index (χ4n) is 3.38. The molecule has 2 heterocycles. The van der Waals surface area contributed by atoms with Crippen molar-refractivity contribution < 1.29 is 22.4 Å². The summed E-state index contributed by atoms with van der Waals surface area (Å²) in [6, 6.07) is 7.08. The van der Waals surface area contributed by atoms with E-state index in [1.165, 1.54) is 16.8 Å². The van der Waals surface area contributed by atoms with Crippen molar-refractivity contribution in [2.24, 2.45) is 0 Å². The first-order valence-corrected chi connectivity index (χ1v) is 10.9. The second-order valence-corrected chi connectivity index (χ2v) is 9.47. The quantitative estimate of drug-likeness (QED) is 0.754. The number of benzene rings is 1. The van der Waals surface area contributed by atoms with Crippen LogP contribution in [0.5, 0.6) is 5.75 Å². The monoisotopic (exact) mass is 427 g/mol. The maximum absolute atomic E-state index is 12.8. The zero-order chi connectivity index (χ0) is 20.9. The number of fused-ring (bicyclic) bond motifs is 1. The summed E-state index contributed by atoms with van der Waals surface area (Å²) < 4.78 is 36.6. The van der Waals surface area contributed by atoms with Crippen molar-refractivity contribution in [3.05, 3.63) is 63.0 Å². The molecule has 0 aliphatic carbocycles. The van der Waals surface area contributed by atoms with E-state index >= 15 is 0 Å². The smallest absolute Gasteiger partial charge is 0.264 e. The van der Waals surface area contributed by atoms with Crippen LogP contribution in [0.3, 0.4) is 0 Å². The van der Waals surface area contributed by atoms with Crippen LogP contribution in [-0.2, 0) is 14.3 Å². The third-order valence-corrected chi connectivity index (χ3v) is 5.46. The van der Waals surface area contributed by atoms with Gasteiger partial charge in [-0.15, -0.1) is 0 Å². The minimum atomic E-state index is -3.85. The molecule has 0 bridgehead atoms. The number of ether oxygens (including phenoxy) is 1. The molecule has 28 heavy (non-hydrogen) atoms. The fourth-order valence-corrected chi connectivity index (χ4v) is 4.27. The largest absolute Gasteiger partial charge is 0.485 e. The first-order valence-electron chi connectivity index (χ1n) is 8.66. The van der Waals surface area contributed by atoms with E-state index in [1.54, 1.807) is 45.0 Å². The van der Waals surface area contributed by atoms with Gasteiger partial charge < -0.3 is 14.4 Å². The molecule has 1 aliphatic heterocycles. The SMILES string of the molecule is CC(O)c1ccn([C@@H]2c3cc(Cl)ccc3OC(C)(C)[C@H]2OS(C)(=O)=O)c(=O)c1. The molecule has 2 aromatic rings. The van der Waals surface area contributed by atoms with E-state index in [0.29, 0.717) is 21.9 Å². The Hall–Kier alpha value is -1.87. The molecule has 1 aliphatic rings. The standard InChI is InChI=1S/C19H22ClNO6S/c1-11(22)12-7-8-21(16(23)9-12)17-14-10-13(20)5-6-15(14)26-19(2,3)18(17)27-28(4,24)25/h5-11,17-18,22H,1-4H3/t11?,17-,18+/m1/s1. The molecule has 0 radical (unpaired) electrons. The third-order valence-electron chi connectivity index (χ3n) is 4.67. The lowest BCUT2D eigenvalue weighted by Gasteiger charge is -2.44. The maximum atomic E-state index is 12.8. The molecular formula is C19H22ClNO6S. The van der Waals surface area contributed by atoms with Crippen molar-refractivity contribution in [3.63, 3.8) is 0 Å². The van der Waals surface area contributed by atoms with E-state index in [-0.39, 0.29) is 0 Å². The lowest BCUT2D eigenvalue weighted by Crippen LogP contribution is -2.54. The Balaban J connectivity index is 2.26. The zero-order valence-corrected chi connectivity index (χ0v) is 17.5. The Morgan fingerprint density at radius 3 is 2.54 bits per heavy atom. The van der Waals surface area contributed by atoms with Crippen LogP contribution in [0.1, 0.15) is 44.0 Å². The van der Waals surface area contributed by atoms with Crippen molar-refractivity contribution in [1.29, 1.82) is 0 Å². The highest BCUT2D eigenvalue weighted by Crippen LogP contribution is 2.44. The van der Waals surface area contributed by atoms with Crippen LogP contribution >= 0.6 is 11.6 Å². The Labute approximate surface area is 168 Å². The summed E-state index contributed by atoms with van der Waals surface area (Å²) in [4.78, 5) is 12.8. The second-order valence-electron chi connectivity index (χ2n) is 7.44. The van der Waals surface area contributed by atoms with Gasteiger partial charge in [0.25, 0.3) is 15.7 Å². The van der Waals surface area contributed by atoms with Gasteiger partial charge >= 0.3 is 0 Å². The van der Waals surface area contributed by atoms with Crippen LogP contribution in [0.25, 0.3) is 0 Å². The topological polar surface area (TPSA) is 94.8 Å². The molecule has 1 N–H and O–H groups in total. The number of halogens is 1. The van der Waals surface area contributed by atoms with Crippen LogP contribution in [-0.4, -0.2) is 36.1 Å². The molecule has 152 valence electrons. The van der Waals surface area contributed by atoms with Gasteiger partial charge in [-0.1, -0.05) is 11.6 Å². The van der Waals surface area contributed by atoms with Gasteiger partial charge in [0.2, 0.25) is 0 Å². The molecule has 0 saturated heterocycles. The minimum absolute atomic E-state index is 0.408. The molecule has 0 spiro atoms. The average molecular weight is 428 g/mol. The van der Waals surface area contributed by atoms with Gasteiger partial charge in [-0.25, -0.2) is 0 Å². The summed E-state index contributed by atoms with van der Waals surface area (Å²) >= 11 is 6.15. The normalized spacial score (nSPS) is 22.2. The predicted octanol–water partition coefficient (Wildman–Crippen LogP) is 2.66. The summed E-state index contributed by atoms with van der Waals surface area (Å²) in [5.74, 6) is 0.485. The van der Waals surface area contributed by atoms with Crippen LogP contribution in [0, 0.1) is 0 Å². The first-order chi connectivity index (χ1) is 12.9. The number of aliphatic hydroxyl groups excluding tert-OH is 1. The molecule has 3 rings (SSSR count). The van der Waals surface area contributed by atoms with E-state index in [1.807, 2.05) is 0 Å². The number of nitrogens with zero attached hydrogens (tertiary/aromatic N) is 1. The van der Waals surface area contributed by atoms with Gasteiger partial charge in [0.15, 0.2) is 0 Å². The van der Waals surface area contributed by atoms with E-state index in [0.717, 1.165) is 6.26 Å². The van der Waals surface area contributed by atoms with Crippen LogP contribution < -0.4 is 10.3 Å². The van der Waals surface area contributed by atoms with Gasteiger partial charge in [0, 0.05) is 22.8 Å². The lowest BCUT2D eigenvalue weighted by atomic mass is 9.86. The maximum Gasteiger partial charge on any atom is 0.264 e. The number of pyridine rings is 1. The van der Waals surface area contributed by atoms with Crippen molar-refractivity contribution in [3.8, 4) is 5.75 Å². The summed E-state index contributed by atoms with van der Waals surface area (Å²) in [5.41, 5.74) is -0.474. The minimum Gasteiger partial charge on any atom is -0.485 e. The number of aliphatic hydroxyl groups is 1. The molecule has 3 atom stereocenters. The summed E-state index contributed by atoms with van der Waals surface area (Å²) in [6.45, 7) is 4.95. The third kappa shape index (κ3) is 4.10. The number of hydrogen-bond donors (Lipinski definition) is 1. The van der Waals surface area contributed by atoms with Crippen LogP contribution in [0.4, 0.5) is 0 Å². The summed E-state index contributed by atoms with van der Waals surface area (Å²) in [5, 5.41) is 10.2. The van der Waals surface area contributed by atoms with Crippen molar-refractivity contribution in [2.45, 2.75) is 44.6 Å². The Kier molecular flexibility index (Phi) is 5.35. The van der Waals surface area contributed by atoms with Crippen molar-refractivity contribution in [2.75, 3.05) is 6.26 Å². The average Bonchev–Trinajstić information content (AvgIpc) is 2.55. The highest BCUT2D eigenvalue weighted by molar-refractivity contribution is 7.86. The fraction of sp³-hybridized carbons (Fsp3) is 0.421. The number of hydrogen-bond acceptors (Lipinski definition) is 6. The number of aromatic nitrogens is 1. The van der Waals surface area contributed by atoms with E-state index in [9.17, 15) is 18.3 Å². The predicted molar refractivity (Wildman–Crippen MR) is 105 cm³/mol. The highest BCUT2D eigenvalue weighted by atomic mass is 35.5. The Bertz CT molecular complexity index is 1060. The molecule has 9 heteroatoms. The van der Waals surface area contributed by atoms with Gasteiger partial charge in [-0.2, -0.15) is 8.42 Å². The Morgan fingerprint density at radius 2 is 1.96 bits per heavy atom. The zero-order valence-electron chi connectivity index (χ0n) is 15.9. The van der Waals surface area contributed by atoms with E-state index in [2.05, 4.69) is 0 Å². The van der Waals surface area contributed by atoms with Gasteiger partial charge in [0.05, 0.1) is 18.4 Å². The molecule has 1 aromatic heterocycles.